The zero-order valence-electron chi connectivity index (χ0n) is 11.1. The van der Waals surface area contributed by atoms with Gasteiger partial charge in [0.15, 0.2) is 12.7 Å². The lowest BCUT2D eigenvalue weighted by molar-refractivity contribution is -0.750. The van der Waals surface area contributed by atoms with E-state index in [-0.39, 0.29) is 18.5 Å². The second-order valence-corrected chi connectivity index (χ2v) is 6.05. The minimum Gasteiger partial charge on any atom is -0.339 e. The van der Waals surface area contributed by atoms with Gasteiger partial charge in [0, 0.05) is 19.2 Å². The van der Waals surface area contributed by atoms with Gasteiger partial charge in [0.2, 0.25) is 0 Å². The van der Waals surface area contributed by atoms with Gasteiger partial charge in [-0.3, -0.25) is 9.35 Å². The number of hydrogen-bond acceptors (Lipinski definition) is 4. The minimum absolute atomic E-state index is 0.0350. The van der Waals surface area contributed by atoms with Crippen molar-refractivity contribution in [3.05, 3.63) is 24.0 Å². The average Bonchev–Trinajstić information content (AvgIpc) is 2.34. The predicted molar refractivity (Wildman–Crippen MR) is 68.1 cm³/mol. The SMILES string of the molecule is CC(C)N(C)C(=O)c1cc[n+](CCS(=O)(=O)O)nc1. The number of hydrogen-bond donors (Lipinski definition) is 1. The Labute approximate surface area is 112 Å². The number of carbonyl (C=O) groups is 1. The Hall–Kier alpha value is -1.54. The summed E-state index contributed by atoms with van der Waals surface area (Å²) in [5, 5.41) is 3.94. The molecule has 8 heteroatoms. The molecule has 0 aliphatic heterocycles. The van der Waals surface area contributed by atoms with Gasteiger partial charge in [-0.15, -0.1) is 0 Å². The molecule has 1 aromatic rings. The molecule has 0 bridgehead atoms. The molecular formula is C11H18N3O4S+. The van der Waals surface area contributed by atoms with E-state index in [1.807, 2.05) is 13.8 Å². The van der Waals surface area contributed by atoms with E-state index in [1.165, 1.54) is 17.1 Å². The van der Waals surface area contributed by atoms with Crippen LogP contribution >= 0.6 is 0 Å². The van der Waals surface area contributed by atoms with Crippen LogP contribution in [0, 0.1) is 0 Å². The largest absolute Gasteiger partial charge is 0.339 e. The van der Waals surface area contributed by atoms with Crippen LogP contribution in [0.4, 0.5) is 0 Å². The third-order valence-corrected chi connectivity index (χ3v) is 3.39. The molecule has 1 amide bonds. The molecule has 106 valence electrons. The van der Waals surface area contributed by atoms with Gasteiger partial charge in [-0.05, 0) is 18.9 Å². The first-order valence-corrected chi connectivity index (χ1v) is 7.39. The van der Waals surface area contributed by atoms with E-state index < -0.39 is 15.9 Å². The van der Waals surface area contributed by atoms with E-state index in [0.717, 1.165) is 0 Å². The number of aromatic nitrogens is 2. The van der Waals surface area contributed by atoms with Gasteiger partial charge < -0.3 is 4.90 Å². The van der Waals surface area contributed by atoms with Crippen molar-refractivity contribution in [2.24, 2.45) is 0 Å². The Bertz CT molecular complexity index is 540. The zero-order valence-corrected chi connectivity index (χ0v) is 12.0. The van der Waals surface area contributed by atoms with Gasteiger partial charge in [-0.25, -0.2) is 0 Å². The summed E-state index contributed by atoms with van der Waals surface area (Å²) >= 11 is 0. The quantitative estimate of drug-likeness (QED) is 0.595. The van der Waals surface area contributed by atoms with Crippen molar-refractivity contribution in [3.8, 4) is 0 Å². The van der Waals surface area contributed by atoms with E-state index in [2.05, 4.69) is 5.10 Å². The lowest BCUT2D eigenvalue weighted by Gasteiger charge is -2.20. The summed E-state index contributed by atoms with van der Waals surface area (Å²) in [6.45, 7) is 3.84. The molecule has 19 heavy (non-hydrogen) atoms. The van der Waals surface area contributed by atoms with Crippen LogP contribution in [0.15, 0.2) is 18.5 Å². The van der Waals surface area contributed by atoms with E-state index in [4.69, 9.17) is 4.55 Å². The van der Waals surface area contributed by atoms with Crippen LogP contribution in [0.1, 0.15) is 24.2 Å². The monoisotopic (exact) mass is 288 g/mol. The summed E-state index contributed by atoms with van der Waals surface area (Å²) in [6.07, 6.45) is 2.89. The molecule has 7 nitrogen and oxygen atoms in total. The smallest absolute Gasteiger partial charge is 0.271 e. The molecule has 0 aromatic carbocycles. The van der Waals surface area contributed by atoms with Crippen LogP contribution < -0.4 is 4.68 Å². The topological polar surface area (TPSA) is 91.5 Å². The molecule has 1 heterocycles. The van der Waals surface area contributed by atoms with Crippen molar-refractivity contribution in [1.82, 2.24) is 10.00 Å². The van der Waals surface area contributed by atoms with Crippen molar-refractivity contribution < 1.29 is 22.4 Å². The number of aryl methyl sites for hydroxylation is 1. The average molecular weight is 288 g/mol. The molecule has 0 fully saturated rings. The van der Waals surface area contributed by atoms with Crippen LogP contribution in [0.25, 0.3) is 0 Å². The van der Waals surface area contributed by atoms with Crippen LogP contribution in [-0.4, -0.2) is 47.7 Å². The molecule has 1 N–H and O–H groups in total. The maximum Gasteiger partial charge on any atom is 0.271 e. The molecule has 0 saturated carbocycles. The summed E-state index contributed by atoms with van der Waals surface area (Å²) in [5.74, 6) is -0.562. The zero-order chi connectivity index (χ0) is 14.6. The van der Waals surface area contributed by atoms with Crippen LogP contribution in [0.2, 0.25) is 0 Å². The van der Waals surface area contributed by atoms with Crippen LogP contribution in [-0.2, 0) is 16.7 Å². The highest BCUT2D eigenvalue weighted by atomic mass is 32.2. The maximum absolute atomic E-state index is 12.0. The Morgan fingerprint density at radius 2 is 2.16 bits per heavy atom. The number of nitrogens with zero attached hydrogens (tertiary/aromatic N) is 3. The number of carbonyl (C=O) groups excluding carboxylic acids is 1. The second kappa shape index (κ2) is 6.07. The van der Waals surface area contributed by atoms with Gasteiger partial charge in [0.25, 0.3) is 16.0 Å². The fraction of sp³-hybridized carbons (Fsp3) is 0.545. The summed E-state index contributed by atoms with van der Waals surface area (Å²) in [4.78, 5) is 13.5. The first kappa shape index (κ1) is 15.5. The van der Waals surface area contributed by atoms with Crippen LogP contribution in [0.3, 0.4) is 0 Å². The Morgan fingerprint density at radius 3 is 2.58 bits per heavy atom. The number of rotatable bonds is 5. The third-order valence-electron chi connectivity index (χ3n) is 2.69. The maximum atomic E-state index is 12.0. The van der Waals surface area contributed by atoms with E-state index >= 15 is 0 Å². The highest BCUT2D eigenvalue weighted by Crippen LogP contribution is 2.03. The lowest BCUT2D eigenvalue weighted by Crippen LogP contribution is -2.41. The minimum atomic E-state index is -4.01. The molecule has 0 aliphatic rings. The Kier molecular flexibility index (Phi) is 4.96. The van der Waals surface area contributed by atoms with Crippen molar-refractivity contribution in [2.45, 2.75) is 26.4 Å². The van der Waals surface area contributed by atoms with Crippen LogP contribution in [0.5, 0.6) is 0 Å². The van der Waals surface area contributed by atoms with Gasteiger partial charge in [0.1, 0.15) is 11.9 Å². The van der Waals surface area contributed by atoms with E-state index in [0.29, 0.717) is 5.56 Å². The molecule has 0 saturated heterocycles. The highest BCUT2D eigenvalue weighted by Gasteiger charge is 2.17. The van der Waals surface area contributed by atoms with Crippen molar-refractivity contribution >= 4 is 16.0 Å². The van der Waals surface area contributed by atoms with Gasteiger partial charge in [-0.2, -0.15) is 8.42 Å². The van der Waals surface area contributed by atoms with Gasteiger partial charge in [0.05, 0.1) is 5.56 Å². The summed E-state index contributed by atoms with van der Waals surface area (Å²) < 4.78 is 31.2. The predicted octanol–water partition coefficient (Wildman–Crippen LogP) is -0.263. The normalized spacial score (nSPS) is 11.6. The Morgan fingerprint density at radius 1 is 1.53 bits per heavy atom. The van der Waals surface area contributed by atoms with E-state index in [1.54, 1.807) is 18.0 Å². The molecule has 0 atom stereocenters. The first-order valence-electron chi connectivity index (χ1n) is 5.79. The fourth-order valence-corrected chi connectivity index (χ4v) is 1.71. The summed E-state index contributed by atoms with van der Waals surface area (Å²) in [5.41, 5.74) is 0.430. The van der Waals surface area contributed by atoms with Crippen molar-refractivity contribution in [2.75, 3.05) is 12.8 Å². The molecular weight excluding hydrogens is 270 g/mol. The molecule has 0 unspecified atom stereocenters. The molecule has 0 spiro atoms. The molecule has 0 aliphatic carbocycles. The van der Waals surface area contributed by atoms with Gasteiger partial charge in [-0.1, -0.05) is 4.68 Å². The molecule has 1 aromatic heterocycles. The van der Waals surface area contributed by atoms with Gasteiger partial charge >= 0.3 is 0 Å². The standard InChI is InChI=1S/C11H17N3O4S/c1-9(2)13(3)11(15)10-4-5-14(12-8-10)6-7-19(16,17)18/h4-5,8-9H,6-7H2,1-3H3/p+1. The summed E-state index contributed by atoms with van der Waals surface area (Å²) in [7, 11) is -2.31. The van der Waals surface area contributed by atoms with Crippen molar-refractivity contribution in [1.29, 1.82) is 0 Å². The fourth-order valence-electron chi connectivity index (χ4n) is 1.29. The number of amides is 1. The lowest BCUT2D eigenvalue weighted by atomic mass is 10.2. The van der Waals surface area contributed by atoms with Crippen molar-refractivity contribution in [3.63, 3.8) is 0 Å². The molecule has 0 radical (unpaired) electrons. The highest BCUT2D eigenvalue weighted by molar-refractivity contribution is 7.85. The van der Waals surface area contributed by atoms with E-state index in [9.17, 15) is 13.2 Å². The second-order valence-electron chi connectivity index (χ2n) is 4.47. The molecule has 1 rings (SSSR count). The first-order chi connectivity index (χ1) is 8.70. The summed E-state index contributed by atoms with van der Waals surface area (Å²) in [6, 6.07) is 1.65. The third kappa shape index (κ3) is 4.92. The Balaban J connectivity index is 2.74.